The van der Waals surface area contributed by atoms with E-state index in [0.717, 1.165) is 25.7 Å². The van der Waals surface area contributed by atoms with E-state index < -0.39 is 12.0 Å². The van der Waals surface area contributed by atoms with Gasteiger partial charge in [-0.25, -0.2) is 0 Å². The summed E-state index contributed by atoms with van der Waals surface area (Å²) in [6.07, 6.45) is -0.694. The lowest BCUT2D eigenvalue weighted by atomic mass is 9.68. The van der Waals surface area contributed by atoms with Crippen LogP contribution in [0.3, 0.4) is 0 Å². The number of benzene rings is 1. The minimum Gasteiger partial charge on any atom is -0.330 e. The molecule has 2 heterocycles. The largest absolute Gasteiger partial charge is 0.451 e. The molecule has 2 aliphatic rings. The number of aromatic nitrogens is 3. The van der Waals surface area contributed by atoms with Crippen molar-refractivity contribution in [3.63, 3.8) is 0 Å². The minimum absolute atomic E-state index is 0.0827. The van der Waals surface area contributed by atoms with Crippen LogP contribution < -0.4 is 5.73 Å². The van der Waals surface area contributed by atoms with Gasteiger partial charge in [-0.2, -0.15) is 13.2 Å². The first-order chi connectivity index (χ1) is 13.3. The number of hydrogen-bond donors (Lipinski definition) is 1. The molecule has 0 unspecified atom stereocenters. The van der Waals surface area contributed by atoms with Crippen LogP contribution in [-0.4, -0.2) is 38.8 Å². The molecule has 2 aromatic rings. The van der Waals surface area contributed by atoms with Gasteiger partial charge in [-0.15, -0.1) is 10.2 Å². The Bertz CT molecular complexity index is 842. The van der Waals surface area contributed by atoms with Gasteiger partial charge in [-0.3, -0.25) is 4.90 Å². The van der Waals surface area contributed by atoms with Crippen LogP contribution in [0.2, 0.25) is 5.02 Å². The Morgan fingerprint density at radius 3 is 2.57 bits per heavy atom. The van der Waals surface area contributed by atoms with Gasteiger partial charge >= 0.3 is 6.18 Å². The summed E-state index contributed by atoms with van der Waals surface area (Å²) in [5.41, 5.74) is 7.26. The van der Waals surface area contributed by atoms with Crippen LogP contribution in [0.15, 0.2) is 24.3 Å². The van der Waals surface area contributed by atoms with Crippen LogP contribution in [0.1, 0.15) is 42.9 Å². The Hall–Kier alpha value is -1.64. The second-order valence-electron chi connectivity index (χ2n) is 7.79. The summed E-state index contributed by atoms with van der Waals surface area (Å²) in [6, 6.07) is 8.22. The van der Waals surface area contributed by atoms with Crippen molar-refractivity contribution in [3.8, 4) is 0 Å². The molecule has 0 amide bonds. The summed E-state index contributed by atoms with van der Waals surface area (Å²) in [7, 11) is 0. The summed E-state index contributed by atoms with van der Waals surface area (Å²) in [6.45, 7) is 1.81. The standard InChI is InChI=1S/C19H23ClF3N5/c20-14-3-1-2-13(10-14)18(12-24)6-4-15(5-7-18)27-8-9-28-16(11-27)25-26-17(28)19(21,22)23/h1-3,10,15H,4-9,11-12,24H2/t15-,18+. The SMILES string of the molecule is NC[C@]1(c2cccc(Cl)c2)CC[C@@H](N2CCn3c(nnc3C(F)(F)F)C2)CC1. The quantitative estimate of drug-likeness (QED) is 0.835. The topological polar surface area (TPSA) is 60.0 Å². The van der Waals surface area contributed by atoms with Gasteiger partial charge in [0.2, 0.25) is 5.82 Å². The summed E-state index contributed by atoms with van der Waals surface area (Å²) in [4.78, 5) is 2.24. The third-order valence-electron chi connectivity index (χ3n) is 6.29. The van der Waals surface area contributed by atoms with E-state index in [1.54, 1.807) is 0 Å². The number of fused-ring (bicyclic) bond motifs is 1. The van der Waals surface area contributed by atoms with E-state index in [-0.39, 0.29) is 12.0 Å². The molecule has 1 aromatic carbocycles. The number of hydrogen-bond acceptors (Lipinski definition) is 4. The van der Waals surface area contributed by atoms with Gasteiger partial charge in [0.15, 0.2) is 0 Å². The molecule has 152 valence electrons. The highest BCUT2D eigenvalue weighted by Gasteiger charge is 2.41. The molecule has 28 heavy (non-hydrogen) atoms. The molecule has 1 aromatic heterocycles. The average molecular weight is 414 g/mol. The van der Waals surface area contributed by atoms with E-state index in [9.17, 15) is 13.2 Å². The minimum atomic E-state index is -4.46. The van der Waals surface area contributed by atoms with Crippen LogP contribution in [0.4, 0.5) is 13.2 Å². The molecule has 1 aliphatic carbocycles. The zero-order valence-corrected chi connectivity index (χ0v) is 16.2. The van der Waals surface area contributed by atoms with E-state index in [4.69, 9.17) is 17.3 Å². The molecular weight excluding hydrogens is 391 g/mol. The second kappa shape index (κ2) is 7.31. The molecule has 1 aliphatic heterocycles. The van der Waals surface area contributed by atoms with Crippen molar-refractivity contribution in [2.45, 2.75) is 56.4 Å². The molecule has 9 heteroatoms. The lowest BCUT2D eigenvalue weighted by molar-refractivity contribution is -0.148. The number of nitrogens with zero attached hydrogens (tertiary/aromatic N) is 4. The van der Waals surface area contributed by atoms with E-state index >= 15 is 0 Å². The first-order valence-electron chi connectivity index (χ1n) is 9.52. The molecule has 0 bridgehead atoms. The Morgan fingerprint density at radius 2 is 1.93 bits per heavy atom. The molecule has 0 spiro atoms. The maximum Gasteiger partial charge on any atom is 0.451 e. The predicted octanol–water partition coefficient (Wildman–Crippen LogP) is 3.61. The average Bonchev–Trinajstić information content (AvgIpc) is 3.12. The summed E-state index contributed by atoms with van der Waals surface area (Å²) >= 11 is 6.17. The van der Waals surface area contributed by atoms with Crippen molar-refractivity contribution >= 4 is 11.6 Å². The fourth-order valence-corrected chi connectivity index (χ4v) is 4.84. The Kier molecular flexibility index (Phi) is 5.14. The zero-order chi connectivity index (χ0) is 19.9. The van der Waals surface area contributed by atoms with E-state index in [1.807, 2.05) is 18.2 Å². The van der Waals surface area contributed by atoms with Crippen molar-refractivity contribution in [2.75, 3.05) is 13.1 Å². The number of nitrogens with two attached hydrogens (primary N) is 1. The molecule has 0 atom stereocenters. The van der Waals surface area contributed by atoms with Gasteiger partial charge in [0, 0.05) is 36.1 Å². The second-order valence-corrected chi connectivity index (χ2v) is 8.22. The first-order valence-corrected chi connectivity index (χ1v) is 9.90. The highest BCUT2D eigenvalue weighted by Crippen LogP contribution is 2.41. The molecule has 5 nitrogen and oxygen atoms in total. The van der Waals surface area contributed by atoms with Crippen molar-refractivity contribution in [2.24, 2.45) is 5.73 Å². The molecule has 1 saturated carbocycles. The highest BCUT2D eigenvalue weighted by atomic mass is 35.5. The van der Waals surface area contributed by atoms with Gasteiger partial charge in [0.25, 0.3) is 0 Å². The molecule has 0 saturated heterocycles. The Morgan fingerprint density at radius 1 is 1.18 bits per heavy atom. The van der Waals surface area contributed by atoms with Gasteiger partial charge in [0.05, 0.1) is 6.54 Å². The van der Waals surface area contributed by atoms with Gasteiger partial charge in [-0.1, -0.05) is 23.7 Å². The van der Waals surface area contributed by atoms with Crippen LogP contribution in [-0.2, 0) is 24.7 Å². The van der Waals surface area contributed by atoms with Gasteiger partial charge < -0.3 is 10.3 Å². The number of alkyl halides is 3. The summed E-state index contributed by atoms with van der Waals surface area (Å²) in [5, 5.41) is 7.86. The number of halogens is 4. The summed E-state index contributed by atoms with van der Waals surface area (Å²) < 4.78 is 40.3. The predicted molar refractivity (Wildman–Crippen MR) is 99.9 cm³/mol. The maximum atomic E-state index is 13.0. The third kappa shape index (κ3) is 3.53. The van der Waals surface area contributed by atoms with Crippen molar-refractivity contribution in [1.29, 1.82) is 0 Å². The molecule has 0 radical (unpaired) electrons. The lowest BCUT2D eigenvalue weighted by Gasteiger charge is -2.44. The molecule has 2 N–H and O–H groups in total. The van der Waals surface area contributed by atoms with Crippen molar-refractivity contribution in [1.82, 2.24) is 19.7 Å². The van der Waals surface area contributed by atoms with E-state index in [0.29, 0.717) is 36.5 Å². The van der Waals surface area contributed by atoms with Crippen molar-refractivity contribution in [3.05, 3.63) is 46.5 Å². The van der Waals surface area contributed by atoms with Crippen LogP contribution in [0.5, 0.6) is 0 Å². The normalized spacial score (nSPS) is 26.2. The highest BCUT2D eigenvalue weighted by molar-refractivity contribution is 6.30. The maximum absolute atomic E-state index is 13.0. The smallest absolute Gasteiger partial charge is 0.330 e. The van der Waals surface area contributed by atoms with Crippen molar-refractivity contribution < 1.29 is 13.2 Å². The Balaban J connectivity index is 1.45. The fourth-order valence-electron chi connectivity index (χ4n) is 4.65. The van der Waals surface area contributed by atoms with E-state index in [1.165, 1.54) is 10.1 Å². The Labute approximate surface area is 166 Å². The van der Waals surface area contributed by atoms with Gasteiger partial charge in [0.1, 0.15) is 5.82 Å². The number of rotatable bonds is 3. The third-order valence-corrected chi connectivity index (χ3v) is 6.53. The first kappa shape index (κ1) is 19.7. The van der Waals surface area contributed by atoms with Crippen LogP contribution in [0, 0.1) is 0 Å². The summed E-state index contributed by atoms with van der Waals surface area (Å²) in [5.74, 6) is -0.502. The van der Waals surface area contributed by atoms with E-state index in [2.05, 4.69) is 21.2 Å². The van der Waals surface area contributed by atoms with Gasteiger partial charge in [-0.05, 0) is 43.4 Å². The molecular formula is C19H23ClF3N5. The monoisotopic (exact) mass is 413 g/mol. The molecule has 4 rings (SSSR count). The van der Waals surface area contributed by atoms with Crippen LogP contribution in [0.25, 0.3) is 0 Å². The zero-order valence-electron chi connectivity index (χ0n) is 15.4. The molecule has 1 fully saturated rings. The lowest BCUT2D eigenvalue weighted by Crippen LogP contribution is -2.47. The van der Waals surface area contributed by atoms with Crippen LogP contribution >= 0.6 is 11.6 Å². The fraction of sp³-hybridized carbons (Fsp3) is 0.579.